The number of likely N-dealkylation sites (tertiary alicyclic amines) is 1. The molecule has 1 unspecified atom stereocenters. The van der Waals surface area contributed by atoms with Crippen molar-refractivity contribution in [1.29, 1.82) is 0 Å². The van der Waals surface area contributed by atoms with Crippen molar-refractivity contribution in [2.75, 3.05) is 13.1 Å². The lowest BCUT2D eigenvalue weighted by atomic mass is 9.92. The van der Waals surface area contributed by atoms with Crippen LogP contribution in [0.4, 0.5) is 0 Å². The number of aliphatic carboxylic acids is 1. The van der Waals surface area contributed by atoms with Gasteiger partial charge in [-0.15, -0.1) is 0 Å². The van der Waals surface area contributed by atoms with Crippen LogP contribution in [0.15, 0.2) is 18.2 Å². The summed E-state index contributed by atoms with van der Waals surface area (Å²) < 4.78 is 0. The van der Waals surface area contributed by atoms with E-state index >= 15 is 0 Å². The molecule has 1 saturated heterocycles. The maximum Gasteiger partial charge on any atom is 0.303 e. The number of hydrogen-bond donors (Lipinski definition) is 1. The first-order valence-corrected chi connectivity index (χ1v) is 7.63. The molecular weight excluding hydrogens is 297 g/mol. The van der Waals surface area contributed by atoms with Crippen LogP contribution in [-0.2, 0) is 4.79 Å². The van der Waals surface area contributed by atoms with E-state index in [1.54, 1.807) is 6.07 Å². The second kappa shape index (κ2) is 6.79. The van der Waals surface area contributed by atoms with E-state index in [0.717, 1.165) is 36.5 Å². The second-order valence-electron chi connectivity index (χ2n) is 5.42. The highest BCUT2D eigenvalue weighted by Crippen LogP contribution is 2.32. The van der Waals surface area contributed by atoms with Crippen LogP contribution in [0.25, 0.3) is 0 Å². The quantitative estimate of drug-likeness (QED) is 0.903. The molecule has 3 nitrogen and oxygen atoms in total. The van der Waals surface area contributed by atoms with Crippen LogP contribution in [-0.4, -0.2) is 29.1 Å². The summed E-state index contributed by atoms with van der Waals surface area (Å²) in [5.41, 5.74) is 1.04. The highest BCUT2D eigenvalue weighted by molar-refractivity contribution is 6.33. The van der Waals surface area contributed by atoms with E-state index in [1.165, 1.54) is 0 Å². The predicted molar refractivity (Wildman–Crippen MR) is 81.4 cm³/mol. The second-order valence-corrected chi connectivity index (χ2v) is 6.26. The molecule has 0 radical (unpaired) electrons. The largest absolute Gasteiger partial charge is 0.481 e. The van der Waals surface area contributed by atoms with Gasteiger partial charge >= 0.3 is 5.97 Å². The molecule has 5 heteroatoms. The number of carbonyl (C=O) groups is 1. The van der Waals surface area contributed by atoms with Gasteiger partial charge in [-0.1, -0.05) is 23.2 Å². The highest BCUT2D eigenvalue weighted by Gasteiger charge is 2.25. The number of benzene rings is 1. The lowest BCUT2D eigenvalue weighted by Gasteiger charge is -2.36. The van der Waals surface area contributed by atoms with E-state index in [4.69, 9.17) is 28.3 Å². The Balaban J connectivity index is 1.99. The number of piperidine rings is 1. The van der Waals surface area contributed by atoms with Gasteiger partial charge in [0.1, 0.15) is 0 Å². The molecule has 0 bridgehead atoms. The van der Waals surface area contributed by atoms with E-state index in [0.29, 0.717) is 10.9 Å². The summed E-state index contributed by atoms with van der Waals surface area (Å²) in [4.78, 5) is 13.1. The molecule has 1 N–H and O–H groups in total. The summed E-state index contributed by atoms with van der Waals surface area (Å²) in [6.07, 6.45) is 2.13. The van der Waals surface area contributed by atoms with Crippen molar-refractivity contribution >= 4 is 29.2 Å². The topological polar surface area (TPSA) is 40.5 Å². The molecule has 1 atom stereocenters. The Morgan fingerprint density at radius 1 is 1.40 bits per heavy atom. The average Bonchev–Trinajstić information content (AvgIpc) is 2.41. The van der Waals surface area contributed by atoms with Crippen LogP contribution in [0.2, 0.25) is 10.0 Å². The van der Waals surface area contributed by atoms with E-state index in [1.807, 2.05) is 12.1 Å². The van der Waals surface area contributed by atoms with Crippen molar-refractivity contribution in [3.05, 3.63) is 33.8 Å². The van der Waals surface area contributed by atoms with Crippen molar-refractivity contribution in [3.63, 3.8) is 0 Å². The number of halogens is 2. The van der Waals surface area contributed by atoms with Crippen molar-refractivity contribution in [1.82, 2.24) is 4.90 Å². The molecule has 110 valence electrons. The fourth-order valence-corrected chi connectivity index (χ4v) is 3.28. The smallest absolute Gasteiger partial charge is 0.303 e. The molecule has 1 fully saturated rings. The third-order valence-electron chi connectivity index (χ3n) is 4.07. The summed E-state index contributed by atoms with van der Waals surface area (Å²) in [5, 5.41) is 10.3. The fraction of sp³-hybridized carbons (Fsp3) is 0.533. The van der Waals surface area contributed by atoms with Crippen molar-refractivity contribution in [3.8, 4) is 0 Å². The van der Waals surface area contributed by atoms with Gasteiger partial charge in [0.2, 0.25) is 0 Å². The van der Waals surface area contributed by atoms with Crippen LogP contribution in [0.5, 0.6) is 0 Å². The minimum atomic E-state index is -0.700. The van der Waals surface area contributed by atoms with Gasteiger partial charge < -0.3 is 5.11 Å². The third-order valence-corrected chi connectivity index (χ3v) is 4.65. The Morgan fingerprint density at radius 3 is 2.65 bits per heavy atom. The van der Waals surface area contributed by atoms with Crippen LogP contribution in [0.1, 0.15) is 37.8 Å². The Kier molecular flexibility index (Phi) is 5.30. The maximum atomic E-state index is 10.7. The summed E-state index contributed by atoms with van der Waals surface area (Å²) in [7, 11) is 0. The minimum Gasteiger partial charge on any atom is -0.481 e. The molecule has 0 amide bonds. The monoisotopic (exact) mass is 315 g/mol. The summed E-state index contributed by atoms with van der Waals surface area (Å²) in [6, 6.07) is 5.73. The van der Waals surface area contributed by atoms with Gasteiger partial charge in [-0.3, -0.25) is 9.69 Å². The molecule has 1 aromatic rings. The lowest BCUT2D eigenvalue weighted by Crippen LogP contribution is -2.36. The molecule has 0 aromatic heterocycles. The van der Waals surface area contributed by atoms with E-state index < -0.39 is 5.97 Å². The number of hydrogen-bond acceptors (Lipinski definition) is 2. The third kappa shape index (κ3) is 3.87. The SMILES string of the molecule is CC(c1cc(Cl)ccc1Cl)N1CCC(CC(=O)O)CC1. The zero-order valence-electron chi connectivity index (χ0n) is 11.5. The Labute approximate surface area is 129 Å². The summed E-state index contributed by atoms with van der Waals surface area (Å²) >= 11 is 12.3. The molecule has 0 spiro atoms. The van der Waals surface area contributed by atoms with E-state index in [9.17, 15) is 4.79 Å². The van der Waals surface area contributed by atoms with Crippen molar-refractivity contribution in [2.45, 2.75) is 32.2 Å². The number of nitrogens with zero attached hydrogens (tertiary/aromatic N) is 1. The van der Waals surface area contributed by atoms with Crippen molar-refractivity contribution in [2.24, 2.45) is 5.92 Å². The predicted octanol–water partition coefficient (Wildman–Crippen LogP) is 4.24. The molecule has 1 aliphatic rings. The number of carboxylic acid groups (broad SMARTS) is 1. The normalized spacial score (nSPS) is 18.9. The van der Waals surface area contributed by atoms with Gasteiger partial charge in [-0.25, -0.2) is 0 Å². The van der Waals surface area contributed by atoms with Gasteiger partial charge in [0.15, 0.2) is 0 Å². The average molecular weight is 316 g/mol. The van der Waals surface area contributed by atoms with Gasteiger partial charge in [0.05, 0.1) is 0 Å². The van der Waals surface area contributed by atoms with E-state index in [-0.39, 0.29) is 12.5 Å². The standard InChI is InChI=1S/C15H19Cl2NO2/c1-10(13-9-12(16)2-3-14(13)17)18-6-4-11(5-7-18)8-15(19)20/h2-3,9-11H,4-8H2,1H3,(H,19,20). The van der Waals surface area contributed by atoms with Crippen LogP contribution in [0, 0.1) is 5.92 Å². The van der Waals surface area contributed by atoms with E-state index in [2.05, 4.69) is 11.8 Å². The van der Waals surface area contributed by atoms with Crippen LogP contribution < -0.4 is 0 Å². The van der Waals surface area contributed by atoms with Gasteiger partial charge in [0, 0.05) is 22.5 Å². The van der Waals surface area contributed by atoms with Gasteiger partial charge in [0.25, 0.3) is 0 Å². The van der Waals surface area contributed by atoms with Crippen LogP contribution >= 0.6 is 23.2 Å². The molecule has 1 aliphatic heterocycles. The molecule has 2 rings (SSSR count). The summed E-state index contributed by atoms with van der Waals surface area (Å²) in [5.74, 6) is -0.403. The maximum absolute atomic E-state index is 10.7. The zero-order chi connectivity index (χ0) is 14.7. The van der Waals surface area contributed by atoms with Gasteiger partial charge in [-0.2, -0.15) is 0 Å². The lowest BCUT2D eigenvalue weighted by molar-refractivity contribution is -0.138. The molecule has 0 saturated carbocycles. The molecular formula is C15H19Cl2NO2. The molecule has 20 heavy (non-hydrogen) atoms. The summed E-state index contributed by atoms with van der Waals surface area (Å²) in [6.45, 7) is 3.93. The first-order chi connectivity index (χ1) is 9.47. The number of carboxylic acids is 1. The highest BCUT2D eigenvalue weighted by atomic mass is 35.5. The zero-order valence-corrected chi connectivity index (χ0v) is 13.0. The minimum absolute atomic E-state index is 0.201. The Hall–Kier alpha value is -0.770. The fourth-order valence-electron chi connectivity index (χ4n) is 2.82. The molecule has 1 heterocycles. The molecule has 1 aromatic carbocycles. The Bertz CT molecular complexity index is 485. The van der Waals surface area contributed by atoms with Crippen LogP contribution in [0.3, 0.4) is 0 Å². The van der Waals surface area contributed by atoms with Gasteiger partial charge in [-0.05, 0) is 62.5 Å². The first-order valence-electron chi connectivity index (χ1n) is 6.88. The number of rotatable bonds is 4. The first kappa shape index (κ1) is 15.6. The molecule has 0 aliphatic carbocycles. The Morgan fingerprint density at radius 2 is 2.05 bits per heavy atom. The van der Waals surface area contributed by atoms with Crippen molar-refractivity contribution < 1.29 is 9.90 Å².